The van der Waals surface area contributed by atoms with Gasteiger partial charge in [0.1, 0.15) is 0 Å². The third kappa shape index (κ3) is 3.08. The maximum Gasteiger partial charge on any atom is 0.0701 e. The Balaban J connectivity index is 1.85. The van der Waals surface area contributed by atoms with Gasteiger partial charge in [-0.2, -0.15) is 0 Å². The summed E-state index contributed by atoms with van der Waals surface area (Å²) in [5.74, 6) is 1.69. The van der Waals surface area contributed by atoms with Crippen molar-refractivity contribution in [3.63, 3.8) is 0 Å². The van der Waals surface area contributed by atoms with E-state index < -0.39 is 0 Å². The quantitative estimate of drug-likeness (QED) is 0.871. The lowest BCUT2D eigenvalue weighted by atomic mass is 9.78. The second-order valence-electron chi connectivity index (χ2n) is 4.96. The van der Waals surface area contributed by atoms with E-state index in [-0.39, 0.29) is 0 Å². The van der Waals surface area contributed by atoms with Gasteiger partial charge in [-0.1, -0.05) is 26.7 Å². The molecule has 1 aromatic rings. The lowest BCUT2D eigenvalue weighted by Gasteiger charge is -2.34. The molecule has 1 aliphatic rings. The van der Waals surface area contributed by atoms with Crippen LogP contribution in [0.1, 0.15) is 38.0 Å². The fourth-order valence-corrected chi connectivity index (χ4v) is 3.98. The molecular formula is C13H20BrNS. The molecule has 1 saturated carbocycles. The van der Waals surface area contributed by atoms with Crippen LogP contribution in [-0.2, 0) is 6.54 Å². The lowest BCUT2D eigenvalue weighted by molar-refractivity contribution is 0.206. The summed E-state index contributed by atoms with van der Waals surface area (Å²) in [6.07, 6.45) is 4.14. The van der Waals surface area contributed by atoms with Crippen LogP contribution in [0.25, 0.3) is 0 Å². The molecule has 0 spiro atoms. The molecule has 16 heavy (non-hydrogen) atoms. The Morgan fingerprint density at radius 1 is 1.38 bits per heavy atom. The topological polar surface area (TPSA) is 12.0 Å². The molecule has 3 atom stereocenters. The highest BCUT2D eigenvalue weighted by Crippen LogP contribution is 2.30. The standard InChI is InChI=1S/C13H20BrNS/c1-9-4-3-5-12(10(9)2)15-8-11-6-7-13(14)16-11/h6-7,9-10,12,15H,3-5,8H2,1-2H3. The molecule has 0 radical (unpaired) electrons. The molecule has 1 nitrogen and oxygen atoms in total. The van der Waals surface area contributed by atoms with Crippen molar-refractivity contribution < 1.29 is 0 Å². The van der Waals surface area contributed by atoms with Gasteiger partial charge in [0.2, 0.25) is 0 Å². The van der Waals surface area contributed by atoms with Crippen molar-refractivity contribution in [3.05, 3.63) is 20.8 Å². The Morgan fingerprint density at radius 2 is 2.19 bits per heavy atom. The van der Waals surface area contributed by atoms with Gasteiger partial charge < -0.3 is 5.32 Å². The number of rotatable bonds is 3. The molecule has 1 aliphatic carbocycles. The van der Waals surface area contributed by atoms with Gasteiger partial charge in [-0.05, 0) is 46.3 Å². The SMILES string of the molecule is CC1CCCC(NCc2ccc(Br)s2)C1C. The second kappa shape index (κ2) is 5.65. The molecule has 1 aromatic heterocycles. The number of thiophene rings is 1. The third-order valence-corrected chi connectivity index (χ3v) is 5.50. The molecule has 1 fully saturated rings. The van der Waals surface area contributed by atoms with Crippen molar-refractivity contribution in [2.75, 3.05) is 0 Å². The van der Waals surface area contributed by atoms with E-state index in [9.17, 15) is 0 Å². The summed E-state index contributed by atoms with van der Waals surface area (Å²) in [6, 6.07) is 5.05. The molecule has 2 rings (SSSR count). The Labute approximate surface area is 111 Å². The van der Waals surface area contributed by atoms with Gasteiger partial charge >= 0.3 is 0 Å². The fraction of sp³-hybridized carbons (Fsp3) is 0.692. The largest absolute Gasteiger partial charge is 0.309 e. The summed E-state index contributed by atoms with van der Waals surface area (Å²) in [6.45, 7) is 5.81. The minimum absolute atomic E-state index is 0.713. The van der Waals surface area contributed by atoms with Gasteiger partial charge in [0.05, 0.1) is 3.79 Å². The van der Waals surface area contributed by atoms with Gasteiger partial charge in [-0.3, -0.25) is 0 Å². The molecule has 0 aliphatic heterocycles. The number of hydrogen-bond donors (Lipinski definition) is 1. The van der Waals surface area contributed by atoms with E-state index in [1.54, 1.807) is 0 Å². The van der Waals surface area contributed by atoms with Crippen molar-refractivity contribution in [2.24, 2.45) is 11.8 Å². The van der Waals surface area contributed by atoms with E-state index in [2.05, 4.69) is 47.2 Å². The van der Waals surface area contributed by atoms with E-state index in [1.165, 1.54) is 27.9 Å². The van der Waals surface area contributed by atoms with Crippen LogP contribution in [0.5, 0.6) is 0 Å². The zero-order chi connectivity index (χ0) is 11.5. The van der Waals surface area contributed by atoms with Crippen LogP contribution in [0, 0.1) is 11.8 Å². The molecule has 0 amide bonds. The Kier molecular flexibility index (Phi) is 4.45. The van der Waals surface area contributed by atoms with Crippen molar-refractivity contribution in [1.29, 1.82) is 0 Å². The summed E-state index contributed by atoms with van der Waals surface area (Å²) in [5.41, 5.74) is 0. The van der Waals surface area contributed by atoms with Crippen LogP contribution in [0.4, 0.5) is 0 Å². The van der Waals surface area contributed by atoms with Crippen molar-refractivity contribution in [1.82, 2.24) is 5.32 Å². The normalized spacial score (nSPS) is 30.6. The van der Waals surface area contributed by atoms with E-state index in [1.807, 2.05) is 11.3 Å². The Hall–Kier alpha value is 0.140. The average molecular weight is 302 g/mol. The maximum atomic E-state index is 3.72. The number of halogens is 1. The summed E-state index contributed by atoms with van der Waals surface area (Å²) < 4.78 is 1.23. The van der Waals surface area contributed by atoms with Gasteiger partial charge in [0, 0.05) is 17.5 Å². The summed E-state index contributed by atoms with van der Waals surface area (Å²) >= 11 is 5.34. The average Bonchev–Trinajstić information content (AvgIpc) is 2.67. The van der Waals surface area contributed by atoms with Crippen LogP contribution in [-0.4, -0.2) is 6.04 Å². The minimum atomic E-state index is 0.713. The highest BCUT2D eigenvalue weighted by Gasteiger charge is 2.26. The van der Waals surface area contributed by atoms with E-state index in [0.717, 1.165) is 18.4 Å². The van der Waals surface area contributed by atoms with Crippen LogP contribution >= 0.6 is 27.3 Å². The highest BCUT2D eigenvalue weighted by atomic mass is 79.9. The van der Waals surface area contributed by atoms with Crippen LogP contribution < -0.4 is 5.32 Å². The Bertz CT molecular complexity index is 336. The van der Waals surface area contributed by atoms with Gasteiger partial charge in [0.25, 0.3) is 0 Å². The van der Waals surface area contributed by atoms with Crippen LogP contribution in [0.15, 0.2) is 15.9 Å². The number of nitrogens with one attached hydrogen (secondary N) is 1. The van der Waals surface area contributed by atoms with Gasteiger partial charge in [-0.25, -0.2) is 0 Å². The first kappa shape index (κ1) is 12.6. The predicted molar refractivity (Wildman–Crippen MR) is 74.8 cm³/mol. The molecule has 3 heteroatoms. The molecule has 1 N–H and O–H groups in total. The summed E-state index contributed by atoms with van der Waals surface area (Å²) in [7, 11) is 0. The zero-order valence-electron chi connectivity index (χ0n) is 10.0. The van der Waals surface area contributed by atoms with Crippen molar-refractivity contribution >= 4 is 27.3 Å². The molecule has 1 heterocycles. The fourth-order valence-electron chi connectivity index (χ4n) is 2.55. The second-order valence-corrected chi connectivity index (χ2v) is 7.51. The molecular weight excluding hydrogens is 282 g/mol. The first-order chi connectivity index (χ1) is 7.66. The zero-order valence-corrected chi connectivity index (χ0v) is 12.4. The van der Waals surface area contributed by atoms with E-state index in [4.69, 9.17) is 0 Å². The van der Waals surface area contributed by atoms with Crippen LogP contribution in [0.2, 0.25) is 0 Å². The minimum Gasteiger partial charge on any atom is -0.309 e. The Morgan fingerprint density at radius 3 is 2.88 bits per heavy atom. The molecule has 0 aromatic carbocycles. The summed E-state index contributed by atoms with van der Waals surface area (Å²) in [5, 5.41) is 3.72. The van der Waals surface area contributed by atoms with Crippen molar-refractivity contribution in [2.45, 2.75) is 45.7 Å². The van der Waals surface area contributed by atoms with Gasteiger partial charge in [-0.15, -0.1) is 11.3 Å². The first-order valence-corrected chi connectivity index (χ1v) is 7.75. The molecule has 0 saturated heterocycles. The predicted octanol–water partition coefficient (Wildman–Crippen LogP) is 4.42. The smallest absolute Gasteiger partial charge is 0.0701 e. The maximum absolute atomic E-state index is 3.72. The molecule has 90 valence electrons. The molecule has 3 unspecified atom stereocenters. The third-order valence-electron chi connectivity index (χ3n) is 3.87. The van der Waals surface area contributed by atoms with Gasteiger partial charge in [0.15, 0.2) is 0 Å². The van der Waals surface area contributed by atoms with Crippen LogP contribution in [0.3, 0.4) is 0 Å². The molecule has 0 bridgehead atoms. The monoisotopic (exact) mass is 301 g/mol. The van der Waals surface area contributed by atoms with E-state index in [0.29, 0.717) is 6.04 Å². The first-order valence-electron chi connectivity index (χ1n) is 6.14. The van der Waals surface area contributed by atoms with Crippen molar-refractivity contribution in [3.8, 4) is 0 Å². The summed E-state index contributed by atoms with van der Waals surface area (Å²) in [4.78, 5) is 1.43. The highest BCUT2D eigenvalue weighted by molar-refractivity contribution is 9.11. The number of hydrogen-bond acceptors (Lipinski definition) is 2. The lowest BCUT2D eigenvalue weighted by Crippen LogP contribution is -2.40. The van der Waals surface area contributed by atoms with E-state index >= 15 is 0 Å².